The molecular formula is C11H14ClN3O. The summed E-state index contributed by atoms with van der Waals surface area (Å²) in [5, 5.41) is 19.0. The molecule has 0 aliphatic heterocycles. The molecule has 0 aliphatic carbocycles. The molecule has 0 bridgehead atoms. The fourth-order valence-electron chi connectivity index (χ4n) is 1.37. The van der Waals surface area contributed by atoms with Crippen LogP contribution in [0.15, 0.2) is 12.1 Å². The van der Waals surface area contributed by atoms with Crippen molar-refractivity contribution >= 4 is 17.3 Å². The Kier molecular flexibility index (Phi) is 4.13. The third-order valence-electron chi connectivity index (χ3n) is 2.20. The lowest BCUT2D eigenvalue weighted by Gasteiger charge is -2.17. The van der Waals surface area contributed by atoms with E-state index in [1.807, 2.05) is 25.1 Å². The van der Waals surface area contributed by atoms with Gasteiger partial charge in [0.25, 0.3) is 0 Å². The van der Waals surface area contributed by atoms with E-state index in [1.165, 1.54) is 0 Å². The average Bonchev–Trinajstić information content (AvgIpc) is 2.20. The van der Waals surface area contributed by atoms with Gasteiger partial charge in [-0.2, -0.15) is 5.26 Å². The Morgan fingerprint density at radius 1 is 1.56 bits per heavy atom. The molecule has 1 atom stereocenters. The van der Waals surface area contributed by atoms with Crippen LogP contribution in [0.2, 0.25) is 5.02 Å². The average molecular weight is 240 g/mol. The molecule has 0 saturated carbocycles. The molecule has 1 rings (SSSR count). The summed E-state index contributed by atoms with van der Waals surface area (Å²) < 4.78 is 0. The van der Waals surface area contributed by atoms with E-state index in [-0.39, 0.29) is 5.69 Å². The lowest BCUT2D eigenvalue weighted by molar-refractivity contribution is 0.138. The van der Waals surface area contributed by atoms with E-state index in [0.717, 1.165) is 0 Å². The number of halogens is 1. The molecule has 16 heavy (non-hydrogen) atoms. The highest BCUT2D eigenvalue weighted by atomic mass is 35.5. The summed E-state index contributed by atoms with van der Waals surface area (Å²) in [7, 11) is 3.71. The molecule has 0 saturated heterocycles. The Bertz CT molecular complexity index is 426. The van der Waals surface area contributed by atoms with Crippen LogP contribution in [0.4, 0.5) is 5.69 Å². The highest BCUT2D eigenvalue weighted by Gasteiger charge is 2.13. The maximum Gasteiger partial charge on any atom is 0.101 e. The Balaban J connectivity index is 3.07. The maximum atomic E-state index is 9.88. The molecule has 86 valence electrons. The second-order valence-electron chi connectivity index (χ2n) is 3.85. The summed E-state index contributed by atoms with van der Waals surface area (Å²) in [5.41, 5.74) is 6.76. The van der Waals surface area contributed by atoms with Crippen molar-refractivity contribution in [1.29, 1.82) is 5.26 Å². The molecule has 4 nitrogen and oxygen atoms in total. The van der Waals surface area contributed by atoms with Gasteiger partial charge in [0, 0.05) is 6.54 Å². The van der Waals surface area contributed by atoms with Crippen molar-refractivity contribution in [3.8, 4) is 6.07 Å². The number of nitriles is 1. The van der Waals surface area contributed by atoms with E-state index < -0.39 is 6.10 Å². The second-order valence-corrected chi connectivity index (χ2v) is 4.26. The van der Waals surface area contributed by atoms with Gasteiger partial charge < -0.3 is 15.7 Å². The number of nitrogens with two attached hydrogens (primary N) is 1. The first-order valence-corrected chi connectivity index (χ1v) is 5.15. The molecule has 0 aliphatic rings. The van der Waals surface area contributed by atoms with Crippen LogP contribution < -0.4 is 5.73 Å². The first-order chi connectivity index (χ1) is 7.45. The zero-order valence-corrected chi connectivity index (χ0v) is 9.99. The molecule has 1 aromatic carbocycles. The molecule has 0 spiro atoms. The highest BCUT2D eigenvalue weighted by molar-refractivity contribution is 6.33. The van der Waals surface area contributed by atoms with Gasteiger partial charge in [-0.1, -0.05) is 11.6 Å². The third kappa shape index (κ3) is 2.86. The number of aliphatic hydroxyl groups excluding tert-OH is 1. The number of hydrogen-bond acceptors (Lipinski definition) is 4. The Morgan fingerprint density at radius 3 is 2.69 bits per heavy atom. The second kappa shape index (κ2) is 5.17. The fraction of sp³-hybridized carbons (Fsp3) is 0.364. The van der Waals surface area contributed by atoms with Crippen LogP contribution in [0.25, 0.3) is 0 Å². The quantitative estimate of drug-likeness (QED) is 0.782. The Morgan fingerprint density at radius 2 is 2.19 bits per heavy atom. The molecule has 3 N–H and O–H groups in total. The van der Waals surface area contributed by atoms with Gasteiger partial charge in [0.15, 0.2) is 0 Å². The van der Waals surface area contributed by atoms with Crippen molar-refractivity contribution in [3.05, 3.63) is 28.3 Å². The smallest absolute Gasteiger partial charge is 0.101 e. The molecule has 0 amide bonds. The van der Waals surface area contributed by atoms with Gasteiger partial charge in [-0.15, -0.1) is 0 Å². The predicted molar refractivity (Wildman–Crippen MR) is 64.1 cm³/mol. The Labute approximate surface area is 99.8 Å². The number of likely N-dealkylation sites (N-methyl/N-ethyl adjacent to an activating group) is 1. The van der Waals surface area contributed by atoms with E-state index in [0.29, 0.717) is 22.7 Å². The molecule has 1 unspecified atom stereocenters. The summed E-state index contributed by atoms with van der Waals surface area (Å²) in [5.74, 6) is 0. The zero-order valence-electron chi connectivity index (χ0n) is 9.24. The maximum absolute atomic E-state index is 9.88. The number of aliphatic hydroxyl groups is 1. The topological polar surface area (TPSA) is 73.3 Å². The van der Waals surface area contributed by atoms with E-state index in [1.54, 1.807) is 12.1 Å². The van der Waals surface area contributed by atoms with Crippen LogP contribution in [0.1, 0.15) is 17.2 Å². The zero-order chi connectivity index (χ0) is 12.3. The predicted octanol–water partition coefficient (Wildman–Crippen LogP) is 1.39. The van der Waals surface area contributed by atoms with Crippen molar-refractivity contribution in [3.63, 3.8) is 0 Å². The lowest BCUT2D eigenvalue weighted by atomic mass is 10.0. The van der Waals surface area contributed by atoms with Crippen molar-refractivity contribution < 1.29 is 5.11 Å². The van der Waals surface area contributed by atoms with Crippen LogP contribution in [0.3, 0.4) is 0 Å². The summed E-state index contributed by atoms with van der Waals surface area (Å²) in [6.07, 6.45) is -0.680. The van der Waals surface area contributed by atoms with Crippen LogP contribution >= 0.6 is 11.6 Å². The van der Waals surface area contributed by atoms with E-state index in [2.05, 4.69) is 0 Å². The summed E-state index contributed by atoms with van der Waals surface area (Å²) in [6, 6.07) is 5.10. The minimum atomic E-state index is -0.680. The number of nitrogens with zero attached hydrogens (tertiary/aromatic N) is 2. The largest absolute Gasteiger partial charge is 0.396 e. The van der Waals surface area contributed by atoms with E-state index >= 15 is 0 Å². The van der Waals surface area contributed by atoms with Gasteiger partial charge in [-0.3, -0.25) is 0 Å². The lowest BCUT2D eigenvalue weighted by Crippen LogP contribution is -2.20. The van der Waals surface area contributed by atoms with Gasteiger partial charge in [-0.05, 0) is 31.8 Å². The molecule has 5 heteroatoms. The minimum Gasteiger partial charge on any atom is -0.396 e. The van der Waals surface area contributed by atoms with Gasteiger partial charge in [0.2, 0.25) is 0 Å². The normalized spacial score (nSPS) is 12.5. The minimum absolute atomic E-state index is 0.255. The van der Waals surface area contributed by atoms with Gasteiger partial charge in [-0.25, -0.2) is 0 Å². The third-order valence-corrected chi connectivity index (χ3v) is 2.51. The van der Waals surface area contributed by atoms with Gasteiger partial charge in [0.1, 0.15) is 6.07 Å². The van der Waals surface area contributed by atoms with Crippen molar-refractivity contribution in [1.82, 2.24) is 4.90 Å². The highest BCUT2D eigenvalue weighted by Crippen LogP contribution is 2.27. The summed E-state index contributed by atoms with van der Waals surface area (Å²) in [6.45, 7) is 0.463. The molecular weight excluding hydrogens is 226 g/mol. The first kappa shape index (κ1) is 12.8. The first-order valence-electron chi connectivity index (χ1n) is 4.77. The van der Waals surface area contributed by atoms with Crippen LogP contribution in [-0.4, -0.2) is 30.6 Å². The van der Waals surface area contributed by atoms with Crippen molar-refractivity contribution in [2.24, 2.45) is 0 Å². The number of anilines is 1. The molecule has 0 radical (unpaired) electrons. The van der Waals surface area contributed by atoms with Crippen LogP contribution in [0.5, 0.6) is 0 Å². The SMILES string of the molecule is CN(C)CC(O)c1cc(Cl)c(N)c(C#N)c1. The number of rotatable bonds is 3. The Hall–Kier alpha value is -1.28. The molecule has 0 aromatic heterocycles. The van der Waals surface area contributed by atoms with E-state index in [4.69, 9.17) is 22.6 Å². The van der Waals surface area contributed by atoms with Crippen LogP contribution in [-0.2, 0) is 0 Å². The number of nitrogen functional groups attached to an aromatic ring is 1. The molecule has 0 heterocycles. The van der Waals surface area contributed by atoms with Crippen molar-refractivity contribution in [2.75, 3.05) is 26.4 Å². The van der Waals surface area contributed by atoms with Gasteiger partial charge in [0.05, 0.1) is 22.4 Å². The molecule has 1 aromatic rings. The molecule has 0 fully saturated rings. The number of hydrogen-bond donors (Lipinski definition) is 2. The summed E-state index contributed by atoms with van der Waals surface area (Å²) >= 11 is 5.88. The summed E-state index contributed by atoms with van der Waals surface area (Å²) in [4.78, 5) is 1.85. The van der Waals surface area contributed by atoms with Gasteiger partial charge >= 0.3 is 0 Å². The van der Waals surface area contributed by atoms with Crippen LogP contribution in [0, 0.1) is 11.3 Å². The number of benzene rings is 1. The van der Waals surface area contributed by atoms with Crippen molar-refractivity contribution in [2.45, 2.75) is 6.10 Å². The fourth-order valence-corrected chi connectivity index (χ4v) is 1.60. The standard InChI is InChI=1S/C11H14ClN3O/c1-15(2)6-10(16)7-3-8(5-13)11(14)9(12)4-7/h3-4,10,16H,6,14H2,1-2H3. The monoisotopic (exact) mass is 239 g/mol. The van der Waals surface area contributed by atoms with E-state index in [9.17, 15) is 5.11 Å².